The molecule has 2 heterocycles. The lowest BCUT2D eigenvalue weighted by molar-refractivity contribution is 0.0784. The minimum Gasteiger partial charge on any atom is -0.490 e. The third-order valence-electron chi connectivity index (χ3n) is 6.37. The highest BCUT2D eigenvalue weighted by Gasteiger charge is 2.21. The lowest BCUT2D eigenvalue weighted by atomic mass is 10.1. The van der Waals surface area contributed by atoms with Crippen molar-refractivity contribution in [1.29, 1.82) is 0 Å². The molecule has 0 radical (unpaired) electrons. The Morgan fingerprint density at radius 1 is 1.09 bits per heavy atom. The number of aryl methyl sites for hydroxylation is 2. The van der Waals surface area contributed by atoms with Crippen molar-refractivity contribution in [3.05, 3.63) is 83.2 Å². The van der Waals surface area contributed by atoms with Gasteiger partial charge in [0, 0.05) is 57.6 Å². The largest absolute Gasteiger partial charge is 0.490 e. The Morgan fingerprint density at radius 2 is 1.79 bits per heavy atom. The molecule has 0 saturated carbocycles. The lowest BCUT2D eigenvalue weighted by Gasteiger charge is -2.32. The Bertz CT molecular complexity index is 1040. The van der Waals surface area contributed by atoms with Crippen molar-refractivity contribution in [2.24, 2.45) is 7.05 Å². The maximum absolute atomic E-state index is 12.8. The second-order valence-electron chi connectivity index (χ2n) is 8.99. The number of hydrogen-bond acceptors (Lipinski definition) is 4. The van der Waals surface area contributed by atoms with E-state index >= 15 is 0 Å². The molecule has 33 heavy (non-hydrogen) atoms. The van der Waals surface area contributed by atoms with E-state index in [1.807, 2.05) is 51.5 Å². The Balaban J connectivity index is 1.23. The van der Waals surface area contributed by atoms with Crippen LogP contribution in [-0.4, -0.2) is 58.3 Å². The number of benzene rings is 2. The number of piperidine rings is 1. The van der Waals surface area contributed by atoms with Crippen LogP contribution in [0.2, 0.25) is 0 Å². The molecule has 1 saturated heterocycles. The molecule has 6 nitrogen and oxygen atoms in total. The van der Waals surface area contributed by atoms with Gasteiger partial charge in [0.15, 0.2) is 0 Å². The van der Waals surface area contributed by atoms with Crippen molar-refractivity contribution < 1.29 is 9.53 Å². The topological polar surface area (TPSA) is 50.6 Å². The second kappa shape index (κ2) is 10.7. The molecule has 0 spiro atoms. The highest BCUT2D eigenvalue weighted by atomic mass is 16.5. The number of ether oxygens (including phenoxy) is 1. The van der Waals surface area contributed by atoms with Crippen LogP contribution in [0.1, 0.15) is 40.0 Å². The van der Waals surface area contributed by atoms with Crippen molar-refractivity contribution >= 4 is 5.91 Å². The van der Waals surface area contributed by atoms with E-state index in [0.717, 1.165) is 55.9 Å². The maximum Gasteiger partial charge on any atom is 0.253 e. The summed E-state index contributed by atoms with van der Waals surface area (Å²) in [5.74, 6) is 0.830. The third kappa shape index (κ3) is 6.23. The average molecular weight is 447 g/mol. The highest BCUT2D eigenvalue weighted by Crippen LogP contribution is 2.21. The molecule has 2 aromatic carbocycles. The van der Waals surface area contributed by atoms with E-state index in [1.54, 1.807) is 9.58 Å². The Hall–Kier alpha value is -3.12. The molecule has 0 bridgehead atoms. The van der Waals surface area contributed by atoms with Gasteiger partial charge in [-0.1, -0.05) is 30.3 Å². The van der Waals surface area contributed by atoms with Crippen molar-refractivity contribution in [3.63, 3.8) is 0 Å². The van der Waals surface area contributed by atoms with Crippen LogP contribution >= 0.6 is 0 Å². The van der Waals surface area contributed by atoms with Crippen LogP contribution in [0.15, 0.2) is 60.8 Å². The molecule has 0 unspecified atom stereocenters. The van der Waals surface area contributed by atoms with Crippen LogP contribution in [-0.2, 0) is 20.0 Å². The summed E-state index contributed by atoms with van der Waals surface area (Å²) in [7, 11) is 3.72. The molecule has 1 aliphatic rings. The molecule has 0 atom stereocenters. The molecule has 1 fully saturated rings. The molecule has 0 aliphatic carbocycles. The standard InChI is InChI=1S/C27H34N4O2/c1-21-24(20-30(3)28-21)19-29(2)27(32)23-9-11-25(12-10-23)33-26-14-17-31(18-15-26)16-13-22-7-5-4-6-8-22/h4-12,20,26H,13-19H2,1-3H3. The molecule has 3 aromatic rings. The Kier molecular flexibility index (Phi) is 7.45. The van der Waals surface area contributed by atoms with Gasteiger partial charge >= 0.3 is 0 Å². The summed E-state index contributed by atoms with van der Waals surface area (Å²) in [6, 6.07) is 18.2. The summed E-state index contributed by atoms with van der Waals surface area (Å²) in [4.78, 5) is 17.1. The summed E-state index contributed by atoms with van der Waals surface area (Å²) in [5, 5.41) is 4.35. The summed E-state index contributed by atoms with van der Waals surface area (Å²) >= 11 is 0. The van der Waals surface area contributed by atoms with Crippen molar-refractivity contribution in [2.45, 2.75) is 38.8 Å². The summed E-state index contributed by atoms with van der Waals surface area (Å²) in [5.41, 5.74) is 4.07. The van der Waals surface area contributed by atoms with Crippen LogP contribution in [0.25, 0.3) is 0 Å². The third-order valence-corrected chi connectivity index (χ3v) is 6.37. The highest BCUT2D eigenvalue weighted by molar-refractivity contribution is 5.94. The number of amides is 1. The summed E-state index contributed by atoms with van der Waals surface area (Å²) in [6.07, 6.45) is 5.35. The van der Waals surface area contributed by atoms with Crippen LogP contribution < -0.4 is 4.74 Å². The van der Waals surface area contributed by atoms with Crippen LogP contribution in [0.3, 0.4) is 0 Å². The monoisotopic (exact) mass is 446 g/mol. The molecule has 1 amide bonds. The molecule has 6 heteroatoms. The van der Waals surface area contributed by atoms with E-state index in [9.17, 15) is 4.79 Å². The zero-order valence-corrected chi connectivity index (χ0v) is 19.9. The summed E-state index contributed by atoms with van der Waals surface area (Å²) < 4.78 is 7.99. The number of carbonyl (C=O) groups is 1. The number of likely N-dealkylation sites (tertiary alicyclic amines) is 1. The first-order chi connectivity index (χ1) is 16.0. The van der Waals surface area contributed by atoms with Crippen molar-refractivity contribution in [1.82, 2.24) is 19.6 Å². The molecular weight excluding hydrogens is 412 g/mol. The molecule has 174 valence electrons. The number of carbonyl (C=O) groups excluding carboxylic acids is 1. The van der Waals surface area contributed by atoms with Gasteiger partial charge in [0.2, 0.25) is 0 Å². The van der Waals surface area contributed by atoms with E-state index in [4.69, 9.17) is 4.74 Å². The average Bonchev–Trinajstić information content (AvgIpc) is 3.15. The van der Waals surface area contributed by atoms with Gasteiger partial charge in [-0.15, -0.1) is 0 Å². The predicted octanol–water partition coefficient (Wildman–Crippen LogP) is 4.09. The fourth-order valence-electron chi connectivity index (χ4n) is 4.40. The first-order valence-corrected chi connectivity index (χ1v) is 11.8. The normalized spacial score (nSPS) is 14.9. The van der Waals surface area contributed by atoms with Gasteiger partial charge in [-0.05, 0) is 56.0 Å². The minimum atomic E-state index is -0.00322. The van der Waals surface area contributed by atoms with Crippen LogP contribution in [0.4, 0.5) is 0 Å². The number of hydrogen-bond donors (Lipinski definition) is 0. The van der Waals surface area contributed by atoms with Gasteiger partial charge < -0.3 is 14.5 Å². The van der Waals surface area contributed by atoms with Crippen molar-refractivity contribution in [3.8, 4) is 5.75 Å². The first kappa shape index (κ1) is 23.1. The quantitative estimate of drug-likeness (QED) is 0.523. The Labute approximate surface area is 196 Å². The summed E-state index contributed by atoms with van der Waals surface area (Å²) in [6.45, 7) is 5.73. The SMILES string of the molecule is Cc1nn(C)cc1CN(C)C(=O)c1ccc(OC2CCN(CCc3ccccc3)CC2)cc1. The number of nitrogens with zero attached hydrogens (tertiary/aromatic N) is 4. The molecular formula is C27H34N4O2. The zero-order valence-electron chi connectivity index (χ0n) is 19.9. The fourth-order valence-corrected chi connectivity index (χ4v) is 4.40. The van der Waals surface area contributed by atoms with Gasteiger partial charge in [0.1, 0.15) is 11.9 Å². The van der Waals surface area contributed by atoms with E-state index in [-0.39, 0.29) is 12.0 Å². The first-order valence-electron chi connectivity index (χ1n) is 11.8. The number of aromatic nitrogens is 2. The molecule has 1 aromatic heterocycles. The van der Waals surface area contributed by atoms with E-state index < -0.39 is 0 Å². The van der Waals surface area contributed by atoms with Gasteiger partial charge in [-0.2, -0.15) is 5.10 Å². The van der Waals surface area contributed by atoms with Gasteiger partial charge in [0.05, 0.1) is 5.69 Å². The second-order valence-corrected chi connectivity index (χ2v) is 8.99. The van der Waals surface area contributed by atoms with Gasteiger partial charge in [-0.25, -0.2) is 0 Å². The van der Waals surface area contributed by atoms with E-state index in [0.29, 0.717) is 12.1 Å². The lowest BCUT2D eigenvalue weighted by Crippen LogP contribution is -2.39. The van der Waals surface area contributed by atoms with E-state index in [2.05, 4.69) is 40.3 Å². The van der Waals surface area contributed by atoms with Crippen LogP contribution in [0.5, 0.6) is 5.75 Å². The molecule has 4 rings (SSSR count). The number of rotatable bonds is 8. The van der Waals surface area contributed by atoms with Crippen molar-refractivity contribution in [2.75, 3.05) is 26.7 Å². The molecule has 0 N–H and O–H groups in total. The molecule has 1 aliphatic heterocycles. The smallest absolute Gasteiger partial charge is 0.253 e. The van der Waals surface area contributed by atoms with Gasteiger partial charge in [-0.3, -0.25) is 9.48 Å². The van der Waals surface area contributed by atoms with E-state index in [1.165, 1.54) is 5.56 Å². The zero-order chi connectivity index (χ0) is 23.2. The predicted molar refractivity (Wildman–Crippen MR) is 130 cm³/mol. The van der Waals surface area contributed by atoms with Gasteiger partial charge in [0.25, 0.3) is 5.91 Å². The maximum atomic E-state index is 12.8. The van der Waals surface area contributed by atoms with Crippen LogP contribution in [0, 0.1) is 6.92 Å². The minimum absolute atomic E-state index is 0.00322. The Morgan fingerprint density at radius 3 is 2.42 bits per heavy atom. The fraction of sp³-hybridized carbons (Fsp3) is 0.407.